The van der Waals surface area contributed by atoms with Gasteiger partial charge < -0.3 is 9.47 Å². The topological polar surface area (TPSA) is 86.2 Å². The molecule has 4 aromatic rings. The van der Waals surface area contributed by atoms with E-state index in [1.54, 1.807) is 18.3 Å². The molecule has 1 aliphatic rings. The number of carbonyl (C=O) groups excluding carboxylic acids is 1. The Morgan fingerprint density at radius 2 is 1.88 bits per heavy atom. The van der Waals surface area contributed by atoms with Gasteiger partial charge >= 0.3 is 0 Å². The Morgan fingerprint density at radius 3 is 2.70 bits per heavy atom. The highest BCUT2D eigenvalue weighted by Crippen LogP contribution is 2.36. The zero-order valence-corrected chi connectivity index (χ0v) is 19.0. The van der Waals surface area contributed by atoms with E-state index in [1.807, 2.05) is 42.5 Å². The monoisotopic (exact) mass is 478 g/mol. The molecule has 0 atom stereocenters. The van der Waals surface area contributed by atoms with Crippen LogP contribution in [0.4, 0.5) is 5.13 Å². The molecule has 2 heterocycles. The van der Waals surface area contributed by atoms with Crippen molar-refractivity contribution in [3.63, 3.8) is 0 Å². The van der Waals surface area contributed by atoms with Crippen LogP contribution in [-0.4, -0.2) is 27.2 Å². The number of halogens is 1. The van der Waals surface area contributed by atoms with Gasteiger partial charge in [0.05, 0.1) is 11.7 Å². The summed E-state index contributed by atoms with van der Waals surface area (Å²) in [5.41, 5.74) is 2.96. The number of nitrogens with zero attached hydrogens (tertiary/aromatic N) is 3. The molecular formula is C24H19ClN4O3S. The molecule has 1 fully saturated rings. The zero-order valence-electron chi connectivity index (χ0n) is 17.4. The van der Waals surface area contributed by atoms with E-state index in [9.17, 15) is 4.79 Å². The van der Waals surface area contributed by atoms with Crippen LogP contribution in [0.5, 0.6) is 10.9 Å². The summed E-state index contributed by atoms with van der Waals surface area (Å²) in [6.45, 7) is 0.324. The summed E-state index contributed by atoms with van der Waals surface area (Å²) in [5.74, 6) is 0.425. The molecule has 0 aliphatic heterocycles. The Morgan fingerprint density at radius 1 is 1.06 bits per heavy atom. The Labute approximate surface area is 199 Å². The fourth-order valence-corrected chi connectivity index (χ4v) is 3.89. The van der Waals surface area contributed by atoms with Crippen LogP contribution in [0.1, 0.15) is 28.8 Å². The number of ether oxygens (including phenoxy) is 2. The van der Waals surface area contributed by atoms with Crippen LogP contribution >= 0.6 is 22.9 Å². The first-order valence-corrected chi connectivity index (χ1v) is 11.6. The average molecular weight is 479 g/mol. The molecule has 1 aliphatic carbocycles. The quantitative estimate of drug-likeness (QED) is 0.353. The molecule has 166 valence electrons. The minimum atomic E-state index is -0.334. The molecule has 2 aromatic carbocycles. The predicted octanol–water partition coefficient (Wildman–Crippen LogP) is 5.63. The van der Waals surface area contributed by atoms with Gasteiger partial charge in [0.15, 0.2) is 0 Å². The molecule has 1 saturated carbocycles. The molecule has 0 unspecified atom stereocenters. The van der Waals surface area contributed by atoms with Crippen LogP contribution in [0.3, 0.4) is 0 Å². The molecular weight excluding hydrogens is 460 g/mol. The number of anilines is 1. The van der Waals surface area contributed by atoms with E-state index >= 15 is 0 Å². The highest BCUT2D eigenvalue weighted by molar-refractivity contribution is 7.17. The number of hydrogen-bond donors (Lipinski definition) is 1. The molecule has 7 nitrogen and oxygen atoms in total. The van der Waals surface area contributed by atoms with Crippen LogP contribution in [-0.2, 0) is 6.61 Å². The Hall–Kier alpha value is -3.49. The summed E-state index contributed by atoms with van der Waals surface area (Å²) in [6, 6.07) is 16.9. The van der Waals surface area contributed by atoms with E-state index in [2.05, 4.69) is 20.5 Å². The van der Waals surface area contributed by atoms with E-state index < -0.39 is 0 Å². The van der Waals surface area contributed by atoms with Gasteiger partial charge in [-0.15, -0.1) is 5.10 Å². The third-order valence-corrected chi connectivity index (χ3v) is 5.97. The summed E-state index contributed by atoms with van der Waals surface area (Å²) >= 11 is 7.05. The summed E-state index contributed by atoms with van der Waals surface area (Å²) in [5, 5.41) is 12.2. The van der Waals surface area contributed by atoms with Gasteiger partial charge in [-0.05, 0) is 54.0 Å². The van der Waals surface area contributed by atoms with Crippen molar-refractivity contribution in [1.82, 2.24) is 15.2 Å². The summed E-state index contributed by atoms with van der Waals surface area (Å²) in [4.78, 5) is 17.2. The van der Waals surface area contributed by atoms with Crippen molar-refractivity contribution in [3.05, 3.63) is 83.1 Å². The van der Waals surface area contributed by atoms with E-state index in [1.165, 1.54) is 6.20 Å². The highest BCUT2D eigenvalue weighted by Gasteiger charge is 2.25. The van der Waals surface area contributed by atoms with Gasteiger partial charge in [0.1, 0.15) is 12.4 Å². The molecule has 9 heteroatoms. The maximum atomic E-state index is 13.1. The second-order valence-electron chi connectivity index (χ2n) is 7.48. The maximum absolute atomic E-state index is 13.1. The molecule has 33 heavy (non-hydrogen) atoms. The third-order valence-electron chi connectivity index (χ3n) is 4.96. The molecule has 0 saturated heterocycles. The van der Waals surface area contributed by atoms with E-state index in [-0.39, 0.29) is 12.0 Å². The van der Waals surface area contributed by atoms with Gasteiger partial charge in [-0.25, -0.2) is 0 Å². The minimum Gasteiger partial charge on any atom is -0.490 e. The fraction of sp³-hybridized carbons (Fsp3) is 0.167. The number of pyridine rings is 1. The lowest BCUT2D eigenvalue weighted by Gasteiger charge is -2.13. The minimum absolute atomic E-state index is 0.248. The predicted molar refractivity (Wildman–Crippen MR) is 127 cm³/mol. The van der Waals surface area contributed by atoms with Gasteiger partial charge in [-0.1, -0.05) is 47.0 Å². The normalized spacial score (nSPS) is 12.9. The Bertz CT molecular complexity index is 1270. The largest absolute Gasteiger partial charge is 0.490 e. The number of nitrogens with one attached hydrogen (secondary N) is 1. The first kappa shape index (κ1) is 21.4. The molecule has 1 amide bonds. The SMILES string of the molecule is O=C(Nc1nnc(OCc2ccc(Cl)cc2)s1)c1cnccc1-c1ccccc1OC1CC1. The van der Waals surface area contributed by atoms with Crippen molar-refractivity contribution in [2.45, 2.75) is 25.6 Å². The van der Waals surface area contributed by atoms with Gasteiger partial charge in [0.25, 0.3) is 11.1 Å². The number of rotatable bonds is 8. The number of carbonyl (C=O) groups is 1. The van der Waals surface area contributed by atoms with Crippen molar-refractivity contribution in [2.75, 3.05) is 5.32 Å². The summed E-state index contributed by atoms with van der Waals surface area (Å²) in [6.07, 6.45) is 5.55. The first-order valence-electron chi connectivity index (χ1n) is 10.4. The maximum Gasteiger partial charge on any atom is 0.296 e. The number of amides is 1. The van der Waals surface area contributed by atoms with Crippen molar-refractivity contribution < 1.29 is 14.3 Å². The number of para-hydroxylation sites is 1. The number of hydrogen-bond acceptors (Lipinski definition) is 7. The van der Waals surface area contributed by atoms with Crippen molar-refractivity contribution in [2.24, 2.45) is 0 Å². The van der Waals surface area contributed by atoms with E-state index in [0.717, 1.165) is 46.6 Å². The van der Waals surface area contributed by atoms with Gasteiger partial charge in [-0.2, -0.15) is 0 Å². The lowest BCUT2D eigenvalue weighted by Crippen LogP contribution is -2.13. The first-order chi connectivity index (χ1) is 16.2. The summed E-state index contributed by atoms with van der Waals surface area (Å²) < 4.78 is 11.7. The second-order valence-corrected chi connectivity index (χ2v) is 8.85. The molecule has 0 spiro atoms. The molecule has 0 radical (unpaired) electrons. The van der Waals surface area contributed by atoms with Crippen molar-refractivity contribution >= 4 is 34.0 Å². The average Bonchev–Trinajstić information content (AvgIpc) is 3.55. The van der Waals surface area contributed by atoms with Gasteiger partial charge in [-0.3, -0.25) is 15.1 Å². The van der Waals surface area contributed by atoms with Gasteiger partial charge in [0, 0.05) is 28.5 Å². The molecule has 5 rings (SSSR count). The Kier molecular flexibility index (Phi) is 6.19. The fourth-order valence-electron chi connectivity index (χ4n) is 3.18. The lowest BCUT2D eigenvalue weighted by atomic mass is 10.0. The van der Waals surface area contributed by atoms with Crippen LogP contribution in [0.15, 0.2) is 67.0 Å². The standard InChI is InChI=1S/C24H19ClN4O3S/c25-16-7-5-15(6-8-16)14-31-24-29-28-23(33-24)27-22(30)20-13-26-12-11-18(20)19-3-1-2-4-21(19)32-17-9-10-17/h1-8,11-13,17H,9-10,14H2,(H,27,28,30). The Balaban J connectivity index is 1.30. The third kappa shape index (κ3) is 5.30. The smallest absolute Gasteiger partial charge is 0.296 e. The van der Waals surface area contributed by atoms with Crippen LogP contribution in [0.25, 0.3) is 11.1 Å². The molecule has 1 N–H and O–H groups in total. The van der Waals surface area contributed by atoms with Crippen LogP contribution in [0, 0.1) is 0 Å². The van der Waals surface area contributed by atoms with Gasteiger partial charge in [0.2, 0.25) is 5.13 Å². The van der Waals surface area contributed by atoms with Crippen molar-refractivity contribution in [3.8, 4) is 22.1 Å². The van der Waals surface area contributed by atoms with E-state index in [0.29, 0.717) is 27.5 Å². The number of benzene rings is 2. The van der Waals surface area contributed by atoms with Crippen LogP contribution in [0.2, 0.25) is 5.02 Å². The summed E-state index contributed by atoms with van der Waals surface area (Å²) in [7, 11) is 0. The highest BCUT2D eigenvalue weighted by atomic mass is 35.5. The molecule has 0 bridgehead atoms. The van der Waals surface area contributed by atoms with E-state index in [4.69, 9.17) is 21.1 Å². The second kappa shape index (κ2) is 9.56. The van der Waals surface area contributed by atoms with Crippen LogP contribution < -0.4 is 14.8 Å². The zero-order chi connectivity index (χ0) is 22.6. The lowest BCUT2D eigenvalue weighted by molar-refractivity contribution is 0.102. The van der Waals surface area contributed by atoms with Crippen molar-refractivity contribution in [1.29, 1.82) is 0 Å². The molecule has 2 aromatic heterocycles. The number of aromatic nitrogens is 3.